The molecular weight excluding hydrogens is 755 g/mol. The van der Waals surface area contributed by atoms with Crippen molar-refractivity contribution in [2.24, 2.45) is 5.92 Å². The maximum absolute atomic E-state index is 13.5. The summed E-state index contributed by atoms with van der Waals surface area (Å²) in [5.41, 5.74) is 6.66. The Morgan fingerprint density at radius 3 is 2.14 bits per heavy atom. The summed E-state index contributed by atoms with van der Waals surface area (Å²) in [7, 11) is 1.28. The normalized spacial score (nSPS) is 17.1. The lowest BCUT2D eigenvalue weighted by Crippen LogP contribution is -2.51. The Morgan fingerprint density at radius 2 is 1.47 bits per heavy atom. The van der Waals surface area contributed by atoms with Crippen molar-refractivity contribution in [2.75, 3.05) is 26.7 Å². The lowest BCUT2D eigenvalue weighted by atomic mass is 10.0. The van der Waals surface area contributed by atoms with E-state index in [1.165, 1.54) is 13.2 Å². The molecule has 6 heterocycles. The van der Waals surface area contributed by atoms with Crippen LogP contribution in [0.15, 0.2) is 71.6 Å². The topological polar surface area (TPSA) is 217 Å². The Morgan fingerprint density at radius 1 is 0.831 bits per heavy atom. The monoisotopic (exact) mass is 799 g/mol. The first kappa shape index (κ1) is 38.9. The summed E-state index contributed by atoms with van der Waals surface area (Å²) in [6.07, 6.45) is 7.84. The van der Waals surface area contributed by atoms with Gasteiger partial charge in [-0.15, -0.1) is 0 Å². The second-order valence-corrected chi connectivity index (χ2v) is 15.2. The fourth-order valence-electron chi connectivity index (χ4n) is 7.81. The number of imidazole rings is 2. The van der Waals surface area contributed by atoms with Crippen LogP contribution < -0.4 is 10.6 Å². The van der Waals surface area contributed by atoms with Gasteiger partial charge in [0.05, 0.1) is 72.4 Å². The van der Waals surface area contributed by atoms with Crippen LogP contribution in [0.4, 0.5) is 4.79 Å². The van der Waals surface area contributed by atoms with Crippen LogP contribution in [0.3, 0.4) is 0 Å². The summed E-state index contributed by atoms with van der Waals surface area (Å²) in [4.78, 5) is 80.3. The molecule has 59 heavy (non-hydrogen) atoms. The number of aryl methyl sites for hydroxylation is 1. The number of nitrogens with zero attached hydrogens (tertiary/aromatic N) is 7. The molecule has 304 valence electrons. The summed E-state index contributed by atoms with van der Waals surface area (Å²) in [5, 5.41) is 9.03. The molecule has 4 amide bonds. The van der Waals surface area contributed by atoms with Crippen LogP contribution in [0.1, 0.15) is 79.5 Å². The van der Waals surface area contributed by atoms with E-state index in [9.17, 15) is 19.2 Å². The molecule has 0 saturated carbocycles. The van der Waals surface area contributed by atoms with Gasteiger partial charge in [0.1, 0.15) is 23.5 Å². The molecule has 0 bridgehead atoms. The number of carbonyl (C=O) groups is 4. The zero-order chi connectivity index (χ0) is 41.2. The first-order chi connectivity index (χ1) is 28.6. The zero-order valence-electron chi connectivity index (χ0n) is 33.2. The molecule has 17 heteroatoms. The number of nitrogens with one attached hydrogen (secondary N) is 4. The molecule has 2 aliphatic heterocycles. The highest BCUT2D eigenvalue weighted by atomic mass is 16.5. The third kappa shape index (κ3) is 8.13. The molecule has 0 unspecified atom stereocenters. The molecule has 4 N–H and O–H groups in total. The molecule has 3 atom stereocenters. The Labute approximate surface area is 339 Å². The standard InChI is InChI=1S/C42H45N11O6/c1-23(2)37(50-42(57)58-4)41(56)53-16-6-8-35(53)39-44-20-32(48-39)26-11-9-25(10-12-26)31-19-43-29-18-27(13-14-28(29)47-31)33-21-45-38(49-33)34-7-5-15-52(34)36(54)22-46-40(55)30-17-24(3)59-51-30/h9-14,17-21,23,34-35,37H,5-8,15-16,22H2,1-4H3,(H,44,48)(H,45,49)(H,46,55)(H,50,57)/t34-,35-,37-/m0/s1. The molecule has 2 fully saturated rings. The third-order valence-electron chi connectivity index (χ3n) is 10.9. The van der Waals surface area contributed by atoms with Crippen LogP contribution in [-0.4, -0.2) is 101 Å². The number of H-pyrrole nitrogens is 2. The average molecular weight is 800 g/mol. The van der Waals surface area contributed by atoms with Crippen molar-refractivity contribution >= 4 is 34.8 Å². The minimum atomic E-state index is -0.699. The number of hydrogen-bond acceptors (Lipinski definition) is 11. The van der Waals surface area contributed by atoms with Gasteiger partial charge in [-0.1, -0.05) is 49.3 Å². The number of methoxy groups -OCH3 is 1. The van der Waals surface area contributed by atoms with E-state index in [2.05, 4.69) is 35.7 Å². The van der Waals surface area contributed by atoms with Gasteiger partial charge >= 0.3 is 6.09 Å². The van der Waals surface area contributed by atoms with Gasteiger partial charge in [-0.3, -0.25) is 19.4 Å². The fourth-order valence-corrected chi connectivity index (χ4v) is 7.81. The molecule has 0 radical (unpaired) electrons. The number of benzene rings is 2. The lowest BCUT2D eigenvalue weighted by Gasteiger charge is -2.30. The predicted molar refractivity (Wildman–Crippen MR) is 215 cm³/mol. The first-order valence-electron chi connectivity index (χ1n) is 19.7. The number of fused-ring (bicyclic) bond motifs is 1. The molecule has 6 aromatic rings. The number of aromatic nitrogens is 7. The molecule has 0 spiro atoms. The van der Waals surface area contributed by atoms with Gasteiger partial charge in [0.2, 0.25) is 11.8 Å². The third-order valence-corrected chi connectivity index (χ3v) is 10.9. The molecular formula is C42H45N11O6. The van der Waals surface area contributed by atoms with Crippen LogP contribution in [-0.2, 0) is 14.3 Å². The summed E-state index contributed by atoms with van der Waals surface area (Å²) in [6, 6.07) is 14.2. The summed E-state index contributed by atoms with van der Waals surface area (Å²) < 4.78 is 9.71. The van der Waals surface area contributed by atoms with Gasteiger partial charge in [0.25, 0.3) is 5.91 Å². The van der Waals surface area contributed by atoms with Crippen molar-refractivity contribution in [3.05, 3.63) is 90.2 Å². The van der Waals surface area contributed by atoms with E-state index in [0.29, 0.717) is 30.5 Å². The largest absolute Gasteiger partial charge is 0.453 e. The van der Waals surface area contributed by atoms with Crippen LogP contribution in [0.25, 0.3) is 44.8 Å². The number of hydrogen-bond donors (Lipinski definition) is 4. The number of likely N-dealkylation sites (tertiary alicyclic amines) is 2. The van der Waals surface area contributed by atoms with Crippen LogP contribution in [0, 0.1) is 12.8 Å². The van der Waals surface area contributed by atoms with Crippen LogP contribution >= 0.6 is 0 Å². The van der Waals surface area contributed by atoms with E-state index >= 15 is 0 Å². The molecule has 0 aliphatic carbocycles. The van der Waals surface area contributed by atoms with E-state index in [-0.39, 0.29) is 42.1 Å². The van der Waals surface area contributed by atoms with Gasteiger partial charge in [0.15, 0.2) is 5.69 Å². The minimum absolute atomic E-state index is 0.115. The quantitative estimate of drug-likeness (QED) is 0.128. The van der Waals surface area contributed by atoms with Crippen molar-refractivity contribution in [2.45, 2.75) is 64.6 Å². The molecule has 17 nitrogen and oxygen atoms in total. The Balaban J connectivity index is 0.913. The summed E-state index contributed by atoms with van der Waals surface area (Å²) in [6.45, 7) is 6.48. The van der Waals surface area contributed by atoms with E-state index in [4.69, 9.17) is 19.2 Å². The van der Waals surface area contributed by atoms with Crippen molar-refractivity contribution in [1.82, 2.24) is 55.5 Å². The Hall–Kier alpha value is -6.91. The number of rotatable bonds is 11. The van der Waals surface area contributed by atoms with Gasteiger partial charge in [-0.05, 0) is 56.2 Å². The second kappa shape index (κ2) is 16.5. The molecule has 2 saturated heterocycles. The fraction of sp³-hybridized carbons (Fsp3) is 0.357. The first-order valence-corrected chi connectivity index (χ1v) is 19.7. The number of carbonyl (C=O) groups excluding carboxylic acids is 4. The molecule has 2 aromatic carbocycles. The summed E-state index contributed by atoms with van der Waals surface area (Å²) in [5.74, 6) is 0.969. The van der Waals surface area contributed by atoms with Crippen molar-refractivity contribution in [3.8, 4) is 33.8 Å². The van der Waals surface area contributed by atoms with E-state index in [1.807, 2.05) is 56.3 Å². The highest BCUT2D eigenvalue weighted by molar-refractivity contribution is 5.95. The van der Waals surface area contributed by atoms with E-state index in [1.54, 1.807) is 35.3 Å². The average Bonchev–Trinajstić information content (AvgIpc) is 4.11. The number of alkyl carbamates (subject to hydrolysis) is 1. The summed E-state index contributed by atoms with van der Waals surface area (Å²) >= 11 is 0. The van der Waals surface area contributed by atoms with Crippen molar-refractivity contribution in [3.63, 3.8) is 0 Å². The van der Waals surface area contributed by atoms with Gasteiger partial charge in [-0.25, -0.2) is 19.7 Å². The molecule has 4 aromatic heterocycles. The zero-order valence-corrected chi connectivity index (χ0v) is 33.2. The highest BCUT2D eigenvalue weighted by Gasteiger charge is 2.37. The second-order valence-electron chi connectivity index (χ2n) is 15.2. The van der Waals surface area contributed by atoms with Crippen molar-refractivity contribution in [1.29, 1.82) is 0 Å². The Bertz CT molecular complexity index is 2510. The maximum Gasteiger partial charge on any atom is 0.407 e. The lowest BCUT2D eigenvalue weighted by molar-refractivity contribution is -0.135. The Kier molecular flexibility index (Phi) is 10.9. The number of amides is 4. The predicted octanol–water partition coefficient (Wildman–Crippen LogP) is 5.51. The van der Waals surface area contributed by atoms with E-state index in [0.717, 1.165) is 70.5 Å². The van der Waals surface area contributed by atoms with Gasteiger partial charge in [-0.2, -0.15) is 0 Å². The molecule has 8 rings (SSSR count). The SMILES string of the molecule is COC(=O)N[C@H](C(=O)N1CCC[C@H]1c1ncc(-c2ccc(-c3cnc4cc(-c5cnc([C@@H]6CCCN6C(=O)CNC(=O)c6cc(C)on6)[nH]5)ccc4n3)cc2)[nH]1)C(C)C. The van der Waals surface area contributed by atoms with E-state index < -0.39 is 18.0 Å². The van der Waals surface area contributed by atoms with Crippen LogP contribution in [0.5, 0.6) is 0 Å². The van der Waals surface area contributed by atoms with Crippen LogP contribution in [0.2, 0.25) is 0 Å². The van der Waals surface area contributed by atoms with Gasteiger partial charge < -0.3 is 39.7 Å². The number of aromatic amines is 2. The molecule has 2 aliphatic rings. The highest BCUT2D eigenvalue weighted by Crippen LogP contribution is 2.34. The minimum Gasteiger partial charge on any atom is -0.453 e. The maximum atomic E-state index is 13.5. The number of ether oxygens (including phenoxy) is 1. The smallest absolute Gasteiger partial charge is 0.407 e. The van der Waals surface area contributed by atoms with Gasteiger partial charge in [0, 0.05) is 30.3 Å². The van der Waals surface area contributed by atoms with Crippen molar-refractivity contribution < 1.29 is 28.4 Å².